The van der Waals surface area contributed by atoms with E-state index in [9.17, 15) is 4.79 Å². The highest BCUT2D eigenvalue weighted by Gasteiger charge is 2.35. The molecule has 1 saturated heterocycles. The lowest BCUT2D eigenvalue weighted by atomic mass is 10.0. The van der Waals surface area contributed by atoms with Gasteiger partial charge in [0.1, 0.15) is 11.8 Å². The normalized spacial score (nSPS) is 20.6. The van der Waals surface area contributed by atoms with E-state index in [0.29, 0.717) is 17.9 Å². The van der Waals surface area contributed by atoms with Gasteiger partial charge in [0.25, 0.3) is 0 Å². The van der Waals surface area contributed by atoms with Gasteiger partial charge < -0.3 is 9.32 Å². The highest BCUT2D eigenvalue weighted by Crippen LogP contribution is 2.33. The van der Waals surface area contributed by atoms with Crippen molar-refractivity contribution < 1.29 is 14.1 Å². The van der Waals surface area contributed by atoms with Gasteiger partial charge in [-0.1, -0.05) is 23.7 Å². The molecular formula is C20H23ClN3O2+. The number of nitrogens with zero attached hydrogens (tertiary/aromatic N) is 2. The molecule has 26 heavy (non-hydrogen) atoms. The first-order chi connectivity index (χ1) is 12.7. The number of hydrazone groups is 1. The standard InChI is InChI=1S/C20H22ClN3O2/c21-16-7-5-15(6-8-16)17-14-18(19-4-3-13-26-19)24(22-17)20(25)9-12-23-10-1-2-11-23/h3-8,13,18H,1-2,9-12,14H2/p+1/t18-/m1/s1. The summed E-state index contributed by atoms with van der Waals surface area (Å²) in [5.41, 5.74) is 1.89. The Morgan fingerprint density at radius 3 is 2.69 bits per heavy atom. The summed E-state index contributed by atoms with van der Waals surface area (Å²) in [4.78, 5) is 14.4. The number of hydrogen-bond donors (Lipinski definition) is 1. The summed E-state index contributed by atoms with van der Waals surface area (Å²) in [6, 6.07) is 11.2. The van der Waals surface area contributed by atoms with Gasteiger partial charge in [0.05, 0.1) is 38.0 Å². The van der Waals surface area contributed by atoms with Gasteiger partial charge in [0, 0.05) is 24.3 Å². The molecule has 0 spiro atoms. The third kappa shape index (κ3) is 3.69. The van der Waals surface area contributed by atoms with Crippen LogP contribution in [-0.2, 0) is 4.79 Å². The predicted octanol–water partition coefficient (Wildman–Crippen LogP) is 2.68. The molecule has 1 N–H and O–H groups in total. The maximum Gasteiger partial charge on any atom is 0.249 e. The van der Waals surface area contributed by atoms with Crippen molar-refractivity contribution in [1.29, 1.82) is 0 Å². The Balaban J connectivity index is 1.53. The molecule has 2 aromatic rings. The highest BCUT2D eigenvalue weighted by molar-refractivity contribution is 6.30. The van der Waals surface area contributed by atoms with Gasteiger partial charge in [0.2, 0.25) is 5.91 Å². The van der Waals surface area contributed by atoms with Crippen molar-refractivity contribution in [3.63, 3.8) is 0 Å². The molecular weight excluding hydrogens is 350 g/mol. The molecule has 1 fully saturated rings. The lowest BCUT2D eigenvalue weighted by molar-refractivity contribution is -0.886. The third-order valence-electron chi connectivity index (χ3n) is 5.22. The van der Waals surface area contributed by atoms with Gasteiger partial charge in [-0.25, -0.2) is 5.01 Å². The fraction of sp³-hybridized carbons (Fsp3) is 0.400. The Labute approximate surface area is 158 Å². The third-order valence-corrected chi connectivity index (χ3v) is 5.47. The van der Waals surface area contributed by atoms with Gasteiger partial charge in [-0.05, 0) is 29.8 Å². The van der Waals surface area contributed by atoms with Crippen molar-refractivity contribution in [3.8, 4) is 0 Å². The van der Waals surface area contributed by atoms with Crippen molar-refractivity contribution in [3.05, 3.63) is 59.0 Å². The molecule has 1 aromatic heterocycles. The van der Waals surface area contributed by atoms with Crippen molar-refractivity contribution >= 4 is 23.2 Å². The van der Waals surface area contributed by atoms with Crippen molar-refractivity contribution in [1.82, 2.24) is 5.01 Å². The lowest BCUT2D eigenvalue weighted by Gasteiger charge is -2.20. The highest BCUT2D eigenvalue weighted by atomic mass is 35.5. The number of likely N-dealkylation sites (tertiary alicyclic amines) is 1. The maximum absolute atomic E-state index is 12.9. The van der Waals surface area contributed by atoms with Crippen LogP contribution in [0.2, 0.25) is 5.02 Å². The van der Waals surface area contributed by atoms with E-state index in [0.717, 1.165) is 23.6 Å². The van der Waals surface area contributed by atoms with Gasteiger partial charge in [-0.3, -0.25) is 4.79 Å². The average Bonchev–Trinajstić information content (AvgIpc) is 3.41. The number of carbonyl (C=O) groups is 1. The average molecular weight is 373 g/mol. The molecule has 6 heteroatoms. The van der Waals surface area contributed by atoms with E-state index in [2.05, 4.69) is 5.10 Å². The summed E-state index contributed by atoms with van der Waals surface area (Å²) in [6.07, 6.45) is 5.34. The van der Waals surface area contributed by atoms with Crippen molar-refractivity contribution in [2.45, 2.75) is 31.7 Å². The first-order valence-electron chi connectivity index (χ1n) is 9.23. The van der Waals surface area contributed by atoms with Gasteiger partial charge >= 0.3 is 0 Å². The Morgan fingerprint density at radius 1 is 1.23 bits per heavy atom. The van der Waals surface area contributed by atoms with E-state index in [4.69, 9.17) is 16.0 Å². The van der Waals surface area contributed by atoms with Gasteiger partial charge in [-0.2, -0.15) is 5.10 Å². The summed E-state index contributed by atoms with van der Waals surface area (Å²) in [5, 5.41) is 6.97. The summed E-state index contributed by atoms with van der Waals surface area (Å²) in [7, 11) is 0. The van der Waals surface area contributed by atoms with Crippen LogP contribution in [0.1, 0.15) is 43.0 Å². The predicted molar refractivity (Wildman–Crippen MR) is 100 cm³/mol. The van der Waals surface area contributed by atoms with E-state index in [1.807, 2.05) is 36.4 Å². The molecule has 0 bridgehead atoms. The second-order valence-electron chi connectivity index (χ2n) is 6.98. The first kappa shape index (κ1) is 17.3. The summed E-state index contributed by atoms with van der Waals surface area (Å²) < 4.78 is 5.59. The maximum atomic E-state index is 12.9. The molecule has 0 unspecified atom stereocenters. The summed E-state index contributed by atoms with van der Waals surface area (Å²) in [5.74, 6) is 0.842. The fourth-order valence-electron chi connectivity index (χ4n) is 3.78. The number of quaternary nitrogens is 1. The second kappa shape index (κ2) is 7.64. The smallest absolute Gasteiger partial charge is 0.249 e. The Bertz CT molecular complexity index is 780. The number of hydrogen-bond acceptors (Lipinski definition) is 3. The van der Waals surface area contributed by atoms with Gasteiger partial charge in [0.15, 0.2) is 0 Å². The lowest BCUT2D eigenvalue weighted by Crippen LogP contribution is -3.10. The second-order valence-corrected chi connectivity index (χ2v) is 7.42. The molecule has 5 nitrogen and oxygen atoms in total. The number of carbonyl (C=O) groups excluding carboxylic acids is 1. The molecule has 2 aliphatic heterocycles. The van der Waals surface area contributed by atoms with E-state index in [1.165, 1.54) is 30.8 Å². The minimum Gasteiger partial charge on any atom is -0.467 e. The Morgan fingerprint density at radius 2 is 2.00 bits per heavy atom. The van der Waals surface area contributed by atoms with Crippen molar-refractivity contribution in [2.75, 3.05) is 19.6 Å². The summed E-state index contributed by atoms with van der Waals surface area (Å²) >= 11 is 5.99. The minimum atomic E-state index is -0.170. The molecule has 136 valence electrons. The molecule has 1 atom stereocenters. The number of halogens is 1. The van der Waals surface area contributed by atoms with Crippen LogP contribution in [-0.4, -0.2) is 36.3 Å². The van der Waals surface area contributed by atoms with E-state index < -0.39 is 0 Å². The Kier molecular flexibility index (Phi) is 5.09. The molecule has 0 radical (unpaired) electrons. The van der Waals surface area contributed by atoms with Crippen molar-refractivity contribution in [2.24, 2.45) is 5.10 Å². The zero-order chi connectivity index (χ0) is 17.9. The van der Waals surface area contributed by atoms with E-state index in [1.54, 1.807) is 11.3 Å². The number of amides is 1. The van der Waals surface area contributed by atoms with Crippen LogP contribution in [0.4, 0.5) is 0 Å². The monoisotopic (exact) mass is 372 g/mol. The molecule has 4 rings (SSSR count). The number of furan rings is 1. The molecule has 1 amide bonds. The van der Waals surface area contributed by atoms with E-state index in [-0.39, 0.29) is 11.9 Å². The molecule has 0 saturated carbocycles. The van der Waals surface area contributed by atoms with Crippen LogP contribution >= 0.6 is 11.6 Å². The van der Waals surface area contributed by atoms with Crippen LogP contribution in [0, 0.1) is 0 Å². The molecule has 3 heterocycles. The van der Waals surface area contributed by atoms with Crippen LogP contribution in [0.5, 0.6) is 0 Å². The van der Waals surface area contributed by atoms with Gasteiger partial charge in [-0.15, -0.1) is 0 Å². The zero-order valence-electron chi connectivity index (χ0n) is 14.7. The zero-order valence-corrected chi connectivity index (χ0v) is 15.4. The number of rotatable bonds is 5. The minimum absolute atomic E-state index is 0.0646. The molecule has 2 aliphatic rings. The molecule has 1 aromatic carbocycles. The SMILES string of the molecule is O=C(CC[NH+]1CCCC1)N1N=C(c2ccc(Cl)cc2)C[C@@H]1c1ccco1. The van der Waals surface area contributed by atoms with Crippen LogP contribution < -0.4 is 4.90 Å². The number of nitrogens with one attached hydrogen (secondary N) is 1. The topological polar surface area (TPSA) is 50.2 Å². The van der Waals surface area contributed by atoms with Crippen LogP contribution in [0.15, 0.2) is 52.2 Å². The molecule has 0 aliphatic carbocycles. The largest absolute Gasteiger partial charge is 0.467 e. The quantitative estimate of drug-likeness (QED) is 0.877. The van der Waals surface area contributed by atoms with Crippen LogP contribution in [0.3, 0.4) is 0 Å². The summed E-state index contributed by atoms with van der Waals surface area (Å²) in [6.45, 7) is 3.23. The van der Waals surface area contributed by atoms with E-state index >= 15 is 0 Å². The first-order valence-corrected chi connectivity index (χ1v) is 9.61. The number of benzene rings is 1. The fourth-order valence-corrected chi connectivity index (χ4v) is 3.91. The Hall–Kier alpha value is -2.11. The van der Waals surface area contributed by atoms with Crippen LogP contribution in [0.25, 0.3) is 0 Å².